The molecule has 7 nitrogen and oxygen atoms in total. The smallest absolute Gasteiger partial charge is 0.256 e. The van der Waals surface area contributed by atoms with Gasteiger partial charge in [0.05, 0.1) is 11.9 Å². The number of carbonyl (C=O) groups excluding carboxylic acids is 1. The van der Waals surface area contributed by atoms with E-state index in [4.69, 9.17) is 0 Å². The maximum atomic E-state index is 12.7. The maximum absolute atomic E-state index is 12.7. The molecule has 0 radical (unpaired) electrons. The summed E-state index contributed by atoms with van der Waals surface area (Å²) in [6.45, 7) is 0.496. The highest BCUT2D eigenvalue weighted by Crippen LogP contribution is 2.26. The highest BCUT2D eigenvalue weighted by molar-refractivity contribution is 6.00. The summed E-state index contributed by atoms with van der Waals surface area (Å²) in [4.78, 5) is 20.5. The second kappa shape index (κ2) is 7.36. The normalized spacial score (nSPS) is 11.2. The van der Waals surface area contributed by atoms with Gasteiger partial charge in [0.1, 0.15) is 5.56 Å². The van der Waals surface area contributed by atoms with E-state index in [2.05, 4.69) is 20.4 Å². The third-order valence-electron chi connectivity index (χ3n) is 5.09. The van der Waals surface area contributed by atoms with E-state index in [1.54, 1.807) is 6.07 Å². The van der Waals surface area contributed by atoms with Crippen LogP contribution in [0.3, 0.4) is 0 Å². The molecule has 30 heavy (non-hydrogen) atoms. The Morgan fingerprint density at radius 3 is 2.83 bits per heavy atom. The van der Waals surface area contributed by atoms with Crippen molar-refractivity contribution in [1.29, 1.82) is 0 Å². The summed E-state index contributed by atoms with van der Waals surface area (Å²) < 4.78 is 1.27. The van der Waals surface area contributed by atoms with E-state index in [1.165, 1.54) is 10.7 Å². The van der Waals surface area contributed by atoms with E-state index >= 15 is 0 Å². The van der Waals surface area contributed by atoms with Crippen molar-refractivity contribution in [3.63, 3.8) is 0 Å². The van der Waals surface area contributed by atoms with Crippen LogP contribution in [0.2, 0.25) is 0 Å². The number of aromatic nitrogens is 4. The van der Waals surface area contributed by atoms with Gasteiger partial charge in [-0.05, 0) is 30.2 Å². The van der Waals surface area contributed by atoms with Crippen LogP contribution in [-0.2, 0) is 6.42 Å². The second-order valence-corrected chi connectivity index (χ2v) is 7.06. The Morgan fingerprint density at radius 2 is 1.97 bits per heavy atom. The molecule has 0 aliphatic carbocycles. The third kappa shape index (κ3) is 3.26. The summed E-state index contributed by atoms with van der Waals surface area (Å²) in [5.41, 5.74) is 4.22. The van der Waals surface area contributed by atoms with Crippen LogP contribution in [0.1, 0.15) is 15.9 Å². The predicted octanol–water partition coefficient (Wildman–Crippen LogP) is 3.56. The average Bonchev–Trinajstić information content (AvgIpc) is 3.41. The molecule has 0 saturated carbocycles. The molecular formula is C23H19N5O2. The zero-order valence-corrected chi connectivity index (χ0v) is 16.0. The van der Waals surface area contributed by atoms with E-state index in [0.29, 0.717) is 23.4 Å². The van der Waals surface area contributed by atoms with Gasteiger partial charge in [-0.2, -0.15) is 9.61 Å². The lowest BCUT2D eigenvalue weighted by molar-refractivity contribution is 0.0955. The summed E-state index contributed by atoms with van der Waals surface area (Å²) in [6, 6.07) is 19.3. The van der Waals surface area contributed by atoms with Crippen LogP contribution in [0.4, 0.5) is 0 Å². The van der Waals surface area contributed by atoms with Crippen molar-refractivity contribution in [3.8, 4) is 17.1 Å². The van der Waals surface area contributed by atoms with Crippen molar-refractivity contribution < 1.29 is 9.90 Å². The first-order valence-electron chi connectivity index (χ1n) is 9.66. The monoisotopic (exact) mass is 397 g/mol. The summed E-state index contributed by atoms with van der Waals surface area (Å²) >= 11 is 0. The molecule has 5 rings (SSSR count). The standard InChI is InChI=1S/C23H19N5O2/c29-21-13-20(16-6-7-19-17(12-16)9-11-24-19)27-22-18(14-26-28(21)22)23(30)25-10-8-15-4-2-1-3-5-15/h1-7,9,11-14,24,29H,8,10H2,(H,25,30). The minimum absolute atomic E-state index is 0.0764. The number of benzene rings is 2. The number of fused-ring (bicyclic) bond motifs is 2. The highest BCUT2D eigenvalue weighted by atomic mass is 16.3. The second-order valence-electron chi connectivity index (χ2n) is 7.06. The van der Waals surface area contributed by atoms with Crippen molar-refractivity contribution in [2.24, 2.45) is 0 Å². The lowest BCUT2D eigenvalue weighted by atomic mass is 10.1. The molecule has 0 spiro atoms. The van der Waals surface area contributed by atoms with Gasteiger partial charge in [0.2, 0.25) is 5.88 Å². The first kappa shape index (κ1) is 17.9. The average molecular weight is 397 g/mol. The summed E-state index contributed by atoms with van der Waals surface area (Å²) in [5, 5.41) is 18.5. The molecule has 1 amide bonds. The van der Waals surface area contributed by atoms with Crippen molar-refractivity contribution in [2.45, 2.75) is 6.42 Å². The van der Waals surface area contributed by atoms with E-state index in [1.807, 2.05) is 60.8 Å². The topological polar surface area (TPSA) is 95.3 Å². The molecule has 148 valence electrons. The number of nitrogens with zero attached hydrogens (tertiary/aromatic N) is 3. The number of hydrogen-bond donors (Lipinski definition) is 3. The van der Waals surface area contributed by atoms with Crippen LogP contribution in [0, 0.1) is 0 Å². The maximum Gasteiger partial charge on any atom is 0.256 e. The van der Waals surface area contributed by atoms with Crippen LogP contribution in [0.25, 0.3) is 27.8 Å². The number of rotatable bonds is 5. The largest absolute Gasteiger partial charge is 0.493 e. The van der Waals surface area contributed by atoms with Gasteiger partial charge in [-0.15, -0.1) is 0 Å². The Hall–Kier alpha value is -4.13. The van der Waals surface area contributed by atoms with Gasteiger partial charge >= 0.3 is 0 Å². The van der Waals surface area contributed by atoms with E-state index < -0.39 is 0 Å². The number of nitrogens with one attached hydrogen (secondary N) is 2. The fourth-order valence-corrected chi connectivity index (χ4v) is 3.53. The molecule has 2 aromatic carbocycles. The lowest BCUT2D eigenvalue weighted by Crippen LogP contribution is -2.25. The summed E-state index contributed by atoms with van der Waals surface area (Å²) in [6.07, 6.45) is 4.03. The molecule has 3 N–H and O–H groups in total. The molecule has 0 bridgehead atoms. The molecule has 0 unspecified atom stereocenters. The van der Waals surface area contributed by atoms with E-state index in [-0.39, 0.29) is 11.8 Å². The quantitative estimate of drug-likeness (QED) is 0.423. The van der Waals surface area contributed by atoms with E-state index in [0.717, 1.165) is 28.5 Å². The first-order valence-corrected chi connectivity index (χ1v) is 9.66. The third-order valence-corrected chi connectivity index (χ3v) is 5.09. The minimum atomic E-state index is -0.272. The molecule has 3 aromatic heterocycles. The van der Waals surface area contributed by atoms with Crippen LogP contribution >= 0.6 is 0 Å². The molecule has 3 heterocycles. The number of aromatic hydroxyl groups is 1. The van der Waals surface area contributed by atoms with Gasteiger partial charge in [0.25, 0.3) is 5.91 Å². The van der Waals surface area contributed by atoms with Gasteiger partial charge in [-0.3, -0.25) is 4.79 Å². The lowest BCUT2D eigenvalue weighted by Gasteiger charge is -2.07. The molecule has 0 aliphatic rings. The SMILES string of the molecule is O=C(NCCc1ccccc1)c1cnn2c(O)cc(-c3ccc4[nH]ccc4c3)nc12. The number of aromatic amines is 1. The summed E-state index contributed by atoms with van der Waals surface area (Å²) in [5.74, 6) is -0.349. The molecule has 0 aliphatic heterocycles. The van der Waals surface area contributed by atoms with Gasteiger partial charge < -0.3 is 15.4 Å². The van der Waals surface area contributed by atoms with Crippen molar-refractivity contribution in [3.05, 3.63) is 84.2 Å². The molecular weight excluding hydrogens is 378 g/mol. The Labute approximate surface area is 172 Å². The fourth-order valence-electron chi connectivity index (χ4n) is 3.53. The number of amides is 1. The van der Waals surface area contributed by atoms with Gasteiger partial charge in [-0.25, -0.2) is 4.98 Å². The number of hydrogen-bond acceptors (Lipinski definition) is 4. The molecule has 0 fully saturated rings. The Balaban J connectivity index is 1.43. The van der Waals surface area contributed by atoms with Crippen molar-refractivity contribution in [1.82, 2.24) is 24.9 Å². The minimum Gasteiger partial charge on any atom is -0.493 e. The van der Waals surface area contributed by atoms with Crippen molar-refractivity contribution >= 4 is 22.5 Å². The predicted molar refractivity (Wildman–Crippen MR) is 114 cm³/mol. The highest BCUT2D eigenvalue weighted by Gasteiger charge is 2.17. The Morgan fingerprint density at radius 1 is 1.10 bits per heavy atom. The Bertz CT molecular complexity index is 1350. The fraction of sp³-hybridized carbons (Fsp3) is 0.0870. The number of H-pyrrole nitrogens is 1. The summed E-state index contributed by atoms with van der Waals surface area (Å²) in [7, 11) is 0. The molecule has 5 aromatic rings. The van der Waals surface area contributed by atoms with Gasteiger partial charge in [-0.1, -0.05) is 36.4 Å². The first-order chi connectivity index (χ1) is 14.7. The van der Waals surface area contributed by atoms with Crippen molar-refractivity contribution in [2.75, 3.05) is 6.54 Å². The van der Waals surface area contributed by atoms with Crippen LogP contribution in [0.15, 0.2) is 73.1 Å². The van der Waals surface area contributed by atoms with Gasteiger partial charge in [0, 0.05) is 35.3 Å². The Kier molecular flexibility index (Phi) is 4.40. The van der Waals surface area contributed by atoms with Crippen LogP contribution < -0.4 is 5.32 Å². The zero-order chi connectivity index (χ0) is 20.5. The molecule has 0 atom stereocenters. The van der Waals surface area contributed by atoms with Gasteiger partial charge in [0.15, 0.2) is 5.65 Å². The van der Waals surface area contributed by atoms with Crippen LogP contribution in [0.5, 0.6) is 5.88 Å². The molecule has 7 heteroatoms. The zero-order valence-electron chi connectivity index (χ0n) is 16.0. The molecule has 0 saturated heterocycles. The number of carbonyl (C=O) groups is 1. The van der Waals surface area contributed by atoms with E-state index in [9.17, 15) is 9.90 Å². The van der Waals surface area contributed by atoms with Crippen LogP contribution in [-0.4, -0.2) is 37.1 Å².